The first-order valence-electron chi connectivity index (χ1n) is 9.37. The van der Waals surface area contributed by atoms with Gasteiger partial charge in [-0.25, -0.2) is 9.78 Å². The molecule has 4 rings (SSSR count). The van der Waals surface area contributed by atoms with Crippen LogP contribution in [-0.4, -0.2) is 44.0 Å². The third-order valence-electron chi connectivity index (χ3n) is 5.27. The molecule has 8 heteroatoms. The molecule has 0 saturated carbocycles. The number of rotatable bonds is 5. The van der Waals surface area contributed by atoms with E-state index in [1.807, 2.05) is 41.8 Å². The number of methoxy groups -OCH3 is 4. The number of anilines is 1. The average Bonchev–Trinajstić information content (AvgIpc) is 3.14. The molecule has 8 nitrogen and oxygen atoms in total. The zero-order chi connectivity index (χ0) is 21.4. The van der Waals surface area contributed by atoms with Crippen LogP contribution in [0.4, 0.5) is 5.95 Å². The highest BCUT2D eigenvalue weighted by molar-refractivity contribution is 5.94. The van der Waals surface area contributed by atoms with Gasteiger partial charge in [-0.1, -0.05) is 12.1 Å². The number of carbonyl (C=O) groups excluding carboxylic acids is 1. The highest BCUT2D eigenvalue weighted by Gasteiger charge is 2.37. The Morgan fingerprint density at radius 1 is 1.00 bits per heavy atom. The number of fused-ring (bicyclic) bond motifs is 3. The topological polar surface area (TPSA) is 83.8 Å². The highest BCUT2D eigenvalue weighted by Crippen LogP contribution is 2.48. The SMILES string of the molecule is COC(=O)C1=C(C)Nc2nc3ccccc3n2C1c1ccc(OC)c(OC)c1OC. The maximum absolute atomic E-state index is 12.9. The Morgan fingerprint density at radius 3 is 2.40 bits per heavy atom. The smallest absolute Gasteiger partial charge is 0.337 e. The van der Waals surface area contributed by atoms with E-state index in [1.165, 1.54) is 7.11 Å². The molecule has 1 aromatic heterocycles. The summed E-state index contributed by atoms with van der Waals surface area (Å²) in [6, 6.07) is 10.9. The van der Waals surface area contributed by atoms with Gasteiger partial charge in [0.15, 0.2) is 11.5 Å². The predicted octanol–water partition coefficient (Wildman–Crippen LogP) is 3.52. The number of para-hydroxylation sites is 2. The summed E-state index contributed by atoms with van der Waals surface area (Å²) in [5.74, 6) is 1.64. The van der Waals surface area contributed by atoms with Crippen molar-refractivity contribution in [2.75, 3.05) is 33.8 Å². The molecule has 0 fully saturated rings. The Labute approximate surface area is 174 Å². The summed E-state index contributed by atoms with van der Waals surface area (Å²) < 4.78 is 23.8. The second kappa shape index (κ2) is 7.62. The maximum Gasteiger partial charge on any atom is 0.337 e. The molecule has 0 amide bonds. The molecule has 0 aliphatic carbocycles. The minimum Gasteiger partial charge on any atom is -0.493 e. The first-order chi connectivity index (χ1) is 14.5. The van der Waals surface area contributed by atoms with Crippen molar-refractivity contribution in [1.82, 2.24) is 9.55 Å². The summed E-state index contributed by atoms with van der Waals surface area (Å²) in [6.07, 6.45) is 0. The Bertz CT molecular complexity index is 1170. The molecule has 2 aromatic carbocycles. The van der Waals surface area contributed by atoms with Gasteiger partial charge >= 0.3 is 5.97 Å². The molecule has 1 atom stereocenters. The number of esters is 1. The molecule has 1 aliphatic heterocycles. The van der Waals surface area contributed by atoms with Crippen LogP contribution in [0.15, 0.2) is 47.7 Å². The number of hydrogen-bond donors (Lipinski definition) is 1. The van der Waals surface area contributed by atoms with Gasteiger partial charge in [0.1, 0.15) is 0 Å². The van der Waals surface area contributed by atoms with Crippen molar-refractivity contribution < 1.29 is 23.7 Å². The van der Waals surface area contributed by atoms with E-state index < -0.39 is 12.0 Å². The van der Waals surface area contributed by atoms with Crippen molar-refractivity contribution in [3.63, 3.8) is 0 Å². The molecule has 1 N–H and O–H groups in total. The van der Waals surface area contributed by atoms with Crippen LogP contribution in [-0.2, 0) is 9.53 Å². The van der Waals surface area contributed by atoms with Gasteiger partial charge in [0.25, 0.3) is 0 Å². The zero-order valence-electron chi connectivity index (χ0n) is 17.5. The van der Waals surface area contributed by atoms with Gasteiger partial charge in [-0.05, 0) is 31.2 Å². The van der Waals surface area contributed by atoms with E-state index in [-0.39, 0.29) is 0 Å². The molecule has 3 aromatic rings. The van der Waals surface area contributed by atoms with E-state index in [1.54, 1.807) is 27.4 Å². The van der Waals surface area contributed by atoms with Gasteiger partial charge in [0.05, 0.1) is 51.1 Å². The molecule has 1 unspecified atom stereocenters. The first-order valence-corrected chi connectivity index (χ1v) is 9.37. The third-order valence-corrected chi connectivity index (χ3v) is 5.27. The molecule has 1 aliphatic rings. The van der Waals surface area contributed by atoms with Gasteiger partial charge < -0.3 is 24.3 Å². The van der Waals surface area contributed by atoms with Gasteiger partial charge in [0, 0.05) is 11.3 Å². The van der Waals surface area contributed by atoms with Crippen molar-refractivity contribution >= 4 is 23.0 Å². The normalized spacial score (nSPS) is 15.4. The summed E-state index contributed by atoms with van der Waals surface area (Å²) >= 11 is 0. The monoisotopic (exact) mass is 409 g/mol. The van der Waals surface area contributed by atoms with Crippen molar-refractivity contribution in [3.8, 4) is 17.2 Å². The van der Waals surface area contributed by atoms with Crippen LogP contribution in [0.1, 0.15) is 18.5 Å². The lowest BCUT2D eigenvalue weighted by Crippen LogP contribution is -2.29. The average molecular weight is 409 g/mol. The van der Waals surface area contributed by atoms with Crippen molar-refractivity contribution in [1.29, 1.82) is 0 Å². The van der Waals surface area contributed by atoms with Crippen molar-refractivity contribution in [2.45, 2.75) is 13.0 Å². The fourth-order valence-corrected chi connectivity index (χ4v) is 3.97. The largest absolute Gasteiger partial charge is 0.493 e. The fourth-order valence-electron chi connectivity index (χ4n) is 3.97. The number of nitrogens with one attached hydrogen (secondary N) is 1. The molecule has 156 valence electrons. The van der Waals surface area contributed by atoms with E-state index in [2.05, 4.69) is 5.32 Å². The highest BCUT2D eigenvalue weighted by atomic mass is 16.5. The Balaban J connectivity index is 2.07. The molecular formula is C22H23N3O5. The summed E-state index contributed by atoms with van der Waals surface area (Å²) in [5.41, 5.74) is 3.52. The Morgan fingerprint density at radius 2 is 1.73 bits per heavy atom. The van der Waals surface area contributed by atoms with Crippen LogP contribution in [0, 0.1) is 0 Å². The summed E-state index contributed by atoms with van der Waals surface area (Å²) in [4.78, 5) is 17.6. The quantitative estimate of drug-likeness (QED) is 0.646. The lowest BCUT2D eigenvalue weighted by molar-refractivity contribution is -0.136. The lowest BCUT2D eigenvalue weighted by atomic mass is 9.93. The maximum atomic E-state index is 12.9. The molecule has 0 radical (unpaired) electrons. The van der Waals surface area contributed by atoms with Gasteiger partial charge in [-0.3, -0.25) is 4.57 Å². The zero-order valence-corrected chi connectivity index (χ0v) is 17.5. The molecule has 0 saturated heterocycles. The summed E-state index contributed by atoms with van der Waals surface area (Å²) in [6.45, 7) is 1.83. The van der Waals surface area contributed by atoms with E-state index in [9.17, 15) is 4.79 Å². The minimum atomic E-state index is -0.546. The van der Waals surface area contributed by atoms with Crippen LogP contribution in [0.2, 0.25) is 0 Å². The lowest BCUT2D eigenvalue weighted by Gasteiger charge is -2.31. The van der Waals surface area contributed by atoms with Crippen LogP contribution in [0.25, 0.3) is 11.0 Å². The third kappa shape index (κ3) is 2.83. The Hall–Kier alpha value is -3.68. The molecular weight excluding hydrogens is 386 g/mol. The van der Waals surface area contributed by atoms with Gasteiger partial charge in [0.2, 0.25) is 11.7 Å². The molecule has 30 heavy (non-hydrogen) atoms. The molecule has 0 bridgehead atoms. The van der Waals surface area contributed by atoms with E-state index >= 15 is 0 Å². The number of aromatic nitrogens is 2. The van der Waals surface area contributed by atoms with Crippen molar-refractivity contribution in [2.24, 2.45) is 0 Å². The number of ether oxygens (including phenoxy) is 4. The number of imidazole rings is 1. The molecule has 0 spiro atoms. The van der Waals surface area contributed by atoms with E-state index in [0.29, 0.717) is 34.5 Å². The predicted molar refractivity (Wildman–Crippen MR) is 112 cm³/mol. The second-order valence-corrected chi connectivity index (χ2v) is 6.78. The van der Waals surface area contributed by atoms with Crippen LogP contribution < -0.4 is 19.5 Å². The number of hydrogen-bond acceptors (Lipinski definition) is 7. The number of carbonyl (C=O) groups is 1. The number of nitrogens with zero attached hydrogens (tertiary/aromatic N) is 2. The fraction of sp³-hybridized carbons (Fsp3) is 0.273. The summed E-state index contributed by atoms with van der Waals surface area (Å²) in [7, 11) is 6.04. The van der Waals surface area contributed by atoms with Crippen molar-refractivity contribution in [3.05, 3.63) is 53.2 Å². The van der Waals surface area contributed by atoms with Gasteiger partial charge in [-0.2, -0.15) is 0 Å². The minimum absolute atomic E-state index is 0.440. The standard InChI is InChI=1S/C22H23N3O5/c1-12-17(21(26)30-5)18(13-10-11-16(27-2)20(29-4)19(13)28-3)25-15-9-7-6-8-14(15)24-22(25)23-12/h6-11,18H,1-5H3,(H,23,24). The van der Waals surface area contributed by atoms with Crippen LogP contribution in [0.3, 0.4) is 0 Å². The number of benzene rings is 2. The number of allylic oxidation sites excluding steroid dienone is 1. The molecule has 2 heterocycles. The second-order valence-electron chi connectivity index (χ2n) is 6.78. The summed E-state index contributed by atoms with van der Waals surface area (Å²) in [5, 5.41) is 3.24. The van der Waals surface area contributed by atoms with Crippen LogP contribution >= 0.6 is 0 Å². The van der Waals surface area contributed by atoms with Gasteiger partial charge in [-0.15, -0.1) is 0 Å². The van der Waals surface area contributed by atoms with E-state index in [0.717, 1.165) is 16.6 Å². The van der Waals surface area contributed by atoms with Crippen LogP contribution in [0.5, 0.6) is 17.2 Å². The van der Waals surface area contributed by atoms with E-state index in [4.69, 9.17) is 23.9 Å². The first kappa shape index (κ1) is 19.6. The Kier molecular flexibility index (Phi) is 4.99.